The van der Waals surface area contributed by atoms with Crippen LogP contribution in [0.25, 0.3) is 22.3 Å². The van der Waals surface area contributed by atoms with Crippen molar-refractivity contribution in [2.24, 2.45) is 0 Å². The number of esters is 2. The molecule has 20 nitrogen and oxygen atoms in total. The summed E-state index contributed by atoms with van der Waals surface area (Å²) < 4.78 is 26.8. The molecule has 2 amide bonds. The largest absolute Gasteiger partial charge is 0.456 e. The molecular formula is C50H44N10O10. The van der Waals surface area contributed by atoms with Crippen LogP contribution in [0.2, 0.25) is 0 Å². The van der Waals surface area contributed by atoms with E-state index in [0.717, 1.165) is 0 Å². The van der Waals surface area contributed by atoms with Crippen molar-refractivity contribution in [2.45, 2.75) is 55.8 Å². The number of aliphatic hydroxyl groups is 2. The van der Waals surface area contributed by atoms with Gasteiger partial charge in [0.2, 0.25) is 0 Å². The molecule has 70 heavy (non-hydrogen) atoms. The molecule has 2 fully saturated rings. The van der Waals surface area contributed by atoms with Crippen molar-refractivity contribution >= 4 is 57.7 Å². The third-order valence-electron chi connectivity index (χ3n) is 11.4. The number of nitrogens with zero attached hydrogens (tertiary/aromatic N) is 8. The van der Waals surface area contributed by atoms with E-state index >= 15 is 0 Å². The molecule has 20 heteroatoms. The summed E-state index contributed by atoms with van der Waals surface area (Å²) in [4.78, 5) is 76.1. The van der Waals surface area contributed by atoms with Crippen LogP contribution in [-0.2, 0) is 18.9 Å². The van der Waals surface area contributed by atoms with Gasteiger partial charge in [0, 0.05) is 24.0 Å². The zero-order valence-corrected chi connectivity index (χ0v) is 37.0. The second kappa shape index (κ2) is 21.2. The summed E-state index contributed by atoms with van der Waals surface area (Å²) in [6.07, 6.45) is 2.60. The number of anilines is 2. The summed E-state index contributed by atoms with van der Waals surface area (Å²) in [6.45, 7) is 3.24. The third kappa shape index (κ3) is 10.1. The van der Waals surface area contributed by atoms with Gasteiger partial charge in [-0.1, -0.05) is 78.9 Å². The van der Waals surface area contributed by atoms with Crippen LogP contribution in [-0.4, -0.2) is 110 Å². The topological polar surface area (TPSA) is 257 Å². The second-order valence-electron chi connectivity index (χ2n) is 15.9. The average molecular weight is 945 g/mol. The lowest BCUT2D eigenvalue weighted by Crippen LogP contribution is -2.39. The lowest BCUT2D eigenvalue weighted by Gasteiger charge is -2.22. The molecule has 2 saturated heterocycles. The predicted octanol–water partition coefficient (Wildman–Crippen LogP) is 5.72. The zero-order valence-electron chi connectivity index (χ0n) is 37.0. The molecule has 3 unspecified atom stereocenters. The number of carbonyl (C=O) groups excluding carboxylic acids is 4. The number of aliphatic hydroxyl groups excluding tert-OH is 2. The molecule has 0 saturated carbocycles. The molecule has 0 aliphatic carbocycles. The van der Waals surface area contributed by atoms with Gasteiger partial charge in [-0.3, -0.25) is 18.7 Å². The molecule has 0 spiro atoms. The van der Waals surface area contributed by atoms with Crippen LogP contribution < -0.4 is 10.6 Å². The molecule has 0 radical (unpaired) electrons. The van der Waals surface area contributed by atoms with Crippen LogP contribution in [0.1, 0.15) is 66.7 Å². The number of amides is 2. The van der Waals surface area contributed by atoms with Gasteiger partial charge in [-0.2, -0.15) is 0 Å². The SMILES string of the molecule is C=C[C@H]1O[C@@H](n2cnc3c(NC(=O)c4ccccc4)ncnc32)CC1OC(=O)c1ccccc1.O=C(Nc1ncnc2c1ncn2[C@H]1CC(OC(=O)c2ccccc2)[C@@H](C(O)CO)O1)c1ccccc1. The van der Waals surface area contributed by atoms with E-state index in [1.165, 1.54) is 19.0 Å². The number of hydrogen-bond acceptors (Lipinski definition) is 16. The summed E-state index contributed by atoms with van der Waals surface area (Å²) in [5.41, 5.74) is 3.43. The van der Waals surface area contributed by atoms with Gasteiger partial charge >= 0.3 is 11.9 Å². The molecule has 2 aliphatic rings. The number of rotatable bonds is 13. The fraction of sp³-hybridized carbons (Fsp3) is 0.200. The predicted molar refractivity (Wildman–Crippen MR) is 251 cm³/mol. The first-order valence-corrected chi connectivity index (χ1v) is 22.0. The maximum Gasteiger partial charge on any atom is 0.338 e. The fourth-order valence-electron chi connectivity index (χ4n) is 7.96. The van der Waals surface area contributed by atoms with Gasteiger partial charge in [-0.15, -0.1) is 6.58 Å². The second-order valence-corrected chi connectivity index (χ2v) is 15.9. The summed E-state index contributed by atoms with van der Waals surface area (Å²) in [5.74, 6) is -1.12. The Kier molecular flexibility index (Phi) is 14.1. The number of carbonyl (C=O) groups is 4. The maximum absolute atomic E-state index is 12.6. The van der Waals surface area contributed by atoms with Crippen LogP contribution in [0, 0.1) is 0 Å². The first-order chi connectivity index (χ1) is 34.2. The van der Waals surface area contributed by atoms with E-state index in [0.29, 0.717) is 56.8 Å². The lowest BCUT2D eigenvalue weighted by molar-refractivity contribution is -0.0978. The standard InChI is InChI=1S/C25H23N5O6.C25H21N5O4/c31-12-17(32)21-18(35-25(34)16-9-5-2-6-10-16)11-19(36-21)30-14-28-20-22(26-13-27-23(20)30)29-24(33)15-7-3-1-4-8-15;1-2-18-19(34-25(32)17-11-7-4-8-12-17)13-20(33-18)30-15-28-21-22(26-14-27-23(21)30)29-24(31)16-9-5-3-6-10-16/h1-10,13-14,17-19,21,31-32H,11-12H2,(H,26,27,29,33);2-12,14-15,18-20H,1,13H2,(H,26,27,29,31)/t17?,18?,19-,21-;18-,19?,20-/m11/s1. The highest BCUT2D eigenvalue weighted by Crippen LogP contribution is 2.36. The summed E-state index contributed by atoms with van der Waals surface area (Å²) in [5, 5.41) is 25.4. The number of aromatic nitrogens is 8. The van der Waals surface area contributed by atoms with Gasteiger partial charge < -0.3 is 39.8 Å². The minimum Gasteiger partial charge on any atom is -0.456 e. The van der Waals surface area contributed by atoms with Crippen molar-refractivity contribution < 1.29 is 48.3 Å². The van der Waals surface area contributed by atoms with E-state index in [2.05, 4.69) is 47.1 Å². The van der Waals surface area contributed by atoms with Crippen LogP contribution in [0.4, 0.5) is 11.6 Å². The first-order valence-electron chi connectivity index (χ1n) is 22.0. The van der Waals surface area contributed by atoms with Crippen molar-refractivity contribution in [2.75, 3.05) is 17.2 Å². The van der Waals surface area contributed by atoms with Crippen LogP contribution in [0.5, 0.6) is 0 Å². The Morgan fingerprint density at radius 1 is 0.614 bits per heavy atom. The van der Waals surface area contributed by atoms with Crippen molar-refractivity contribution in [1.29, 1.82) is 0 Å². The Morgan fingerprint density at radius 3 is 1.47 bits per heavy atom. The monoisotopic (exact) mass is 944 g/mol. The first kappa shape index (κ1) is 46.5. The van der Waals surface area contributed by atoms with Gasteiger partial charge in [0.1, 0.15) is 55.6 Å². The minimum atomic E-state index is -1.27. The summed E-state index contributed by atoms with van der Waals surface area (Å²) in [7, 11) is 0. The highest BCUT2D eigenvalue weighted by atomic mass is 16.6. The van der Waals surface area contributed by atoms with Crippen LogP contribution in [0.15, 0.2) is 159 Å². The normalized spacial score (nSPS) is 19.9. The molecule has 4 N–H and O–H groups in total. The average Bonchev–Trinajstić information content (AvgIpc) is 4.23. The lowest BCUT2D eigenvalue weighted by atomic mass is 10.1. The Balaban J connectivity index is 0.000000174. The molecule has 6 heterocycles. The van der Waals surface area contributed by atoms with E-state index in [9.17, 15) is 29.4 Å². The Bertz CT molecular complexity index is 3120. The van der Waals surface area contributed by atoms with Crippen molar-refractivity contribution in [3.63, 3.8) is 0 Å². The fourth-order valence-corrected chi connectivity index (χ4v) is 7.96. The molecule has 2 aliphatic heterocycles. The zero-order chi connectivity index (χ0) is 48.6. The Labute approximate surface area is 398 Å². The molecule has 4 aromatic heterocycles. The van der Waals surface area contributed by atoms with Crippen molar-refractivity contribution in [3.8, 4) is 0 Å². The highest BCUT2D eigenvalue weighted by molar-refractivity contribution is 6.07. The number of nitrogens with one attached hydrogen (secondary N) is 2. The van der Waals surface area contributed by atoms with Gasteiger partial charge in [-0.25, -0.2) is 39.5 Å². The van der Waals surface area contributed by atoms with Crippen molar-refractivity contribution in [3.05, 3.63) is 182 Å². The molecule has 7 atom stereocenters. The number of hydrogen-bond donors (Lipinski definition) is 4. The number of fused-ring (bicyclic) bond motifs is 2. The molecular weight excluding hydrogens is 901 g/mol. The molecule has 354 valence electrons. The van der Waals surface area contributed by atoms with E-state index in [1.807, 2.05) is 18.2 Å². The van der Waals surface area contributed by atoms with Gasteiger partial charge in [0.05, 0.1) is 30.4 Å². The number of benzene rings is 4. The van der Waals surface area contributed by atoms with Crippen LogP contribution in [0.3, 0.4) is 0 Å². The quantitative estimate of drug-likeness (QED) is 0.0796. The minimum absolute atomic E-state index is 0.182. The van der Waals surface area contributed by atoms with Gasteiger partial charge in [0.25, 0.3) is 11.8 Å². The third-order valence-corrected chi connectivity index (χ3v) is 11.4. The molecule has 0 bridgehead atoms. The van der Waals surface area contributed by atoms with Crippen molar-refractivity contribution in [1.82, 2.24) is 39.0 Å². The smallest absolute Gasteiger partial charge is 0.338 e. The van der Waals surface area contributed by atoms with E-state index in [4.69, 9.17) is 18.9 Å². The number of ether oxygens (including phenoxy) is 4. The van der Waals surface area contributed by atoms with Gasteiger partial charge in [0.15, 0.2) is 34.0 Å². The number of imidazole rings is 2. The molecule has 8 aromatic rings. The van der Waals surface area contributed by atoms with E-state index in [1.54, 1.807) is 125 Å². The van der Waals surface area contributed by atoms with Crippen LogP contribution >= 0.6 is 0 Å². The highest BCUT2D eigenvalue weighted by Gasteiger charge is 2.44. The molecule has 4 aromatic carbocycles. The van der Waals surface area contributed by atoms with E-state index < -0.39 is 61.5 Å². The Morgan fingerprint density at radius 2 is 1.03 bits per heavy atom. The summed E-state index contributed by atoms with van der Waals surface area (Å²) in [6, 6.07) is 34.8. The Hall–Kier alpha value is -8.56. The van der Waals surface area contributed by atoms with E-state index in [-0.39, 0.29) is 24.1 Å². The maximum atomic E-state index is 12.6. The summed E-state index contributed by atoms with van der Waals surface area (Å²) >= 11 is 0. The molecule has 10 rings (SSSR count). The van der Waals surface area contributed by atoms with Gasteiger partial charge in [-0.05, 0) is 48.5 Å².